The summed E-state index contributed by atoms with van der Waals surface area (Å²) in [6.07, 6.45) is 7.99. The molecule has 0 bridgehead atoms. The van der Waals surface area contributed by atoms with E-state index < -0.39 is 0 Å². The average molecular weight is 510 g/mol. The van der Waals surface area contributed by atoms with E-state index in [2.05, 4.69) is 39.5 Å². The van der Waals surface area contributed by atoms with Crippen molar-refractivity contribution in [3.8, 4) is 0 Å². The van der Waals surface area contributed by atoms with Gasteiger partial charge in [-0.1, -0.05) is 37.1 Å². The second-order valence-electron chi connectivity index (χ2n) is 8.62. The van der Waals surface area contributed by atoms with Gasteiger partial charge in [0.2, 0.25) is 5.91 Å². The van der Waals surface area contributed by atoms with Crippen LogP contribution in [-0.4, -0.2) is 54.9 Å². The molecule has 1 aromatic carbocycles. The minimum absolute atomic E-state index is 0. The molecule has 1 saturated carbocycles. The molecular formula is C23H35IN4O. The van der Waals surface area contributed by atoms with Crippen LogP contribution in [0.4, 0.5) is 0 Å². The highest BCUT2D eigenvalue weighted by Crippen LogP contribution is 2.35. The lowest BCUT2D eigenvalue weighted by molar-refractivity contribution is -0.132. The van der Waals surface area contributed by atoms with Crippen LogP contribution in [0.2, 0.25) is 0 Å². The van der Waals surface area contributed by atoms with Crippen molar-refractivity contribution in [3.63, 3.8) is 0 Å². The third kappa shape index (κ3) is 5.44. The fourth-order valence-corrected chi connectivity index (χ4v) is 5.22. The number of nitrogens with zero attached hydrogens (tertiary/aromatic N) is 3. The van der Waals surface area contributed by atoms with Gasteiger partial charge in [-0.15, -0.1) is 24.0 Å². The number of benzene rings is 1. The Morgan fingerprint density at radius 2 is 1.79 bits per heavy atom. The van der Waals surface area contributed by atoms with Crippen molar-refractivity contribution in [2.45, 2.75) is 51.5 Å². The number of aliphatic imine (C=N–C) groups is 1. The Morgan fingerprint density at radius 3 is 2.48 bits per heavy atom. The standard InChI is InChI=1S/C23H34N4O.HI/c1-24-23(27-16-20-9-4-5-10-21(20)17-27)25-13-6-11-22(28)26-14-12-18-7-2-3-8-19(18)15-26;/h2-3,7-8,20-21H,4-6,9-17H2,1H3,(H,24,25);1H. The molecule has 2 unspecified atom stereocenters. The first-order chi connectivity index (χ1) is 13.7. The molecule has 6 heteroatoms. The van der Waals surface area contributed by atoms with Crippen LogP contribution in [0.5, 0.6) is 0 Å². The zero-order valence-corrected chi connectivity index (χ0v) is 19.9. The number of carbonyl (C=O) groups is 1. The van der Waals surface area contributed by atoms with Gasteiger partial charge in [0.25, 0.3) is 0 Å². The zero-order valence-electron chi connectivity index (χ0n) is 17.6. The van der Waals surface area contributed by atoms with E-state index in [1.165, 1.54) is 36.8 Å². The normalized spacial score (nSPS) is 23.8. The monoisotopic (exact) mass is 510 g/mol. The Labute approximate surface area is 192 Å². The van der Waals surface area contributed by atoms with Gasteiger partial charge in [0, 0.05) is 46.2 Å². The zero-order chi connectivity index (χ0) is 19.3. The lowest BCUT2D eigenvalue weighted by Crippen LogP contribution is -2.41. The van der Waals surface area contributed by atoms with Crippen molar-refractivity contribution in [2.75, 3.05) is 33.2 Å². The molecule has 5 nitrogen and oxygen atoms in total. The lowest BCUT2D eigenvalue weighted by atomic mass is 9.82. The summed E-state index contributed by atoms with van der Waals surface area (Å²) in [6.45, 7) is 4.73. The SMILES string of the molecule is CN=C(NCCCC(=O)N1CCc2ccccc2C1)N1CC2CCCCC2C1.I. The summed E-state index contributed by atoms with van der Waals surface area (Å²) in [5.41, 5.74) is 2.69. The second-order valence-corrected chi connectivity index (χ2v) is 8.62. The quantitative estimate of drug-likeness (QED) is 0.291. The smallest absolute Gasteiger partial charge is 0.222 e. The van der Waals surface area contributed by atoms with Crippen molar-refractivity contribution >= 4 is 35.8 Å². The van der Waals surface area contributed by atoms with Gasteiger partial charge in [-0.2, -0.15) is 0 Å². The third-order valence-corrected chi connectivity index (χ3v) is 6.82. The molecule has 1 aliphatic carbocycles. The van der Waals surface area contributed by atoms with E-state index in [1.54, 1.807) is 0 Å². The molecule has 4 rings (SSSR count). The van der Waals surface area contributed by atoms with Crippen molar-refractivity contribution in [3.05, 3.63) is 35.4 Å². The van der Waals surface area contributed by atoms with Crippen LogP contribution in [0.1, 0.15) is 49.7 Å². The summed E-state index contributed by atoms with van der Waals surface area (Å²) in [4.78, 5) is 21.6. The highest BCUT2D eigenvalue weighted by atomic mass is 127. The average Bonchev–Trinajstić information content (AvgIpc) is 3.17. The number of halogens is 1. The van der Waals surface area contributed by atoms with Gasteiger partial charge < -0.3 is 15.1 Å². The number of hydrogen-bond donors (Lipinski definition) is 1. The minimum Gasteiger partial charge on any atom is -0.356 e. The Balaban J connectivity index is 0.00000240. The highest BCUT2D eigenvalue weighted by Gasteiger charge is 2.35. The molecule has 0 radical (unpaired) electrons. The molecular weight excluding hydrogens is 475 g/mol. The molecule has 29 heavy (non-hydrogen) atoms. The topological polar surface area (TPSA) is 47.9 Å². The van der Waals surface area contributed by atoms with Gasteiger partial charge in [-0.3, -0.25) is 9.79 Å². The first-order valence-electron chi connectivity index (χ1n) is 11.0. The van der Waals surface area contributed by atoms with Crippen LogP contribution in [-0.2, 0) is 17.8 Å². The molecule has 2 atom stereocenters. The molecule has 2 aliphatic heterocycles. The van der Waals surface area contributed by atoms with Gasteiger partial charge in [-0.05, 0) is 48.6 Å². The van der Waals surface area contributed by atoms with Gasteiger partial charge in [-0.25, -0.2) is 0 Å². The van der Waals surface area contributed by atoms with Crippen molar-refractivity contribution in [2.24, 2.45) is 16.8 Å². The molecule has 1 N–H and O–H groups in total. The van der Waals surface area contributed by atoms with Crippen LogP contribution in [0.25, 0.3) is 0 Å². The molecule has 0 spiro atoms. The van der Waals surface area contributed by atoms with E-state index in [-0.39, 0.29) is 29.9 Å². The molecule has 0 aromatic heterocycles. The Morgan fingerprint density at radius 1 is 1.10 bits per heavy atom. The first kappa shape index (κ1) is 22.4. The first-order valence-corrected chi connectivity index (χ1v) is 11.0. The van der Waals surface area contributed by atoms with Gasteiger partial charge in [0.15, 0.2) is 5.96 Å². The number of carbonyl (C=O) groups excluding carboxylic acids is 1. The van der Waals surface area contributed by atoms with Crippen LogP contribution in [0.15, 0.2) is 29.3 Å². The summed E-state index contributed by atoms with van der Waals surface area (Å²) in [6, 6.07) is 8.48. The predicted molar refractivity (Wildman–Crippen MR) is 129 cm³/mol. The second kappa shape index (κ2) is 10.6. The Kier molecular flexibility index (Phi) is 8.21. The van der Waals surface area contributed by atoms with Crippen molar-refractivity contribution < 1.29 is 4.79 Å². The lowest BCUT2D eigenvalue weighted by Gasteiger charge is -2.29. The predicted octanol–water partition coefficient (Wildman–Crippen LogP) is 3.67. The maximum Gasteiger partial charge on any atom is 0.222 e. The van der Waals surface area contributed by atoms with Gasteiger partial charge in [0.05, 0.1) is 0 Å². The molecule has 1 amide bonds. The van der Waals surface area contributed by atoms with Crippen LogP contribution < -0.4 is 5.32 Å². The Bertz CT molecular complexity index is 709. The molecule has 3 aliphatic rings. The van der Waals surface area contributed by atoms with Crippen molar-refractivity contribution in [1.29, 1.82) is 0 Å². The maximum atomic E-state index is 12.6. The molecule has 160 valence electrons. The van der Waals surface area contributed by atoms with Crippen molar-refractivity contribution in [1.82, 2.24) is 15.1 Å². The molecule has 2 fully saturated rings. The van der Waals surface area contributed by atoms with E-state index in [1.807, 2.05) is 11.9 Å². The minimum atomic E-state index is 0. The number of likely N-dealkylation sites (tertiary alicyclic amines) is 1. The summed E-state index contributed by atoms with van der Waals surface area (Å²) in [7, 11) is 1.88. The number of rotatable bonds is 4. The third-order valence-electron chi connectivity index (χ3n) is 6.82. The molecule has 1 aromatic rings. The maximum absolute atomic E-state index is 12.6. The van der Waals surface area contributed by atoms with E-state index in [0.29, 0.717) is 6.42 Å². The summed E-state index contributed by atoms with van der Waals surface area (Å²) in [5, 5.41) is 3.50. The van der Waals surface area contributed by atoms with Crippen LogP contribution in [0.3, 0.4) is 0 Å². The fourth-order valence-electron chi connectivity index (χ4n) is 5.22. The van der Waals surface area contributed by atoms with E-state index in [0.717, 1.165) is 63.4 Å². The fraction of sp³-hybridized carbons (Fsp3) is 0.652. The largest absolute Gasteiger partial charge is 0.356 e. The number of amides is 1. The van der Waals surface area contributed by atoms with Crippen LogP contribution >= 0.6 is 24.0 Å². The Hall–Kier alpha value is -1.31. The molecule has 1 saturated heterocycles. The van der Waals surface area contributed by atoms with Gasteiger partial charge >= 0.3 is 0 Å². The summed E-state index contributed by atoms with van der Waals surface area (Å²) >= 11 is 0. The van der Waals surface area contributed by atoms with Gasteiger partial charge in [0.1, 0.15) is 0 Å². The van der Waals surface area contributed by atoms with E-state index in [4.69, 9.17) is 0 Å². The highest BCUT2D eigenvalue weighted by molar-refractivity contribution is 14.0. The number of fused-ring (bicyclic) bond motifs is 2. The van der Waals surface area contributed by atoms with E-state index >= 15 is 0 Å². The summed E-state index contributed by atoms with van der Waals surface area (Å²) < 4.78 is 0. The number of guanidine groups is 1. The summed E-state index contributed by atoms with van der Waals surface area (Å²) in [5.74, 6) is 3.01. The molecule has 2 heterocycles. The number of nitrogens with one attached hydrogen (secondary N) is 1. The van der Waals surface area contributed by atoms with Crippen LogP contribution in [0, 0.1) is 11.8 Å². The van der Waals surface area contributed by atoms with E-state index in [9.17, 15) is 4.79 Å². The number of hydrogen-bond acceptors (Lipinski definition) is 2.